The Kier molecular flexibility index (Phi) is 5.03. The first-order chi connectivity index (χ1) is 6.47. The Morgan fingerprint density at radius 3 is 2.38 bits per heavy atom. The van der Waals surface area contributed by atoms with Crippen molar-refractivity contribution in [1.82, 2.24) is 4.57 Å². The van der Waals surface area contributed by atoms with Crippen LogP contribution in [0, 0.1) is 6.07 Å². The van der Waals surface area contributed by atoms with Crippen LogP contribution in [0.4, 0.5) is 0 Å². The number of aromatic nitrogens is 1. The maximum atomic E-state index is 3.06. The van der Waals surface area contributed by atoms with Gasteiger partial charge in [0.1, 0.15) is 0 Å². The van der Waals surface area contributed by atoms with E-state index in [1.807, 2.05) is 41.2 Å². The molecule has 0 fully saturated rings. The van der Waals surface area contributed by atoms with E-state index in [4.69, 9.17) is 0 Å². The Hall–Kier alpha value is -0.397. The van der Waals surface area contributed by atoms with Crippen molar-refractivity contribution in [3.05, 3.63) is 54.9 Å². The molecule has 2 aromatic rings. The van der Waals surface area contributed by atoms with Crippen molar-refractivity contribution in [2.75, 3.05) is 0 Å². The fourth-order valence-corrected chi connectivity index (χ4v) is 1.05. The number of benzene rings is 1. The Morgan fingerprint density at radius 2 is 1.85 bits per heavy atom. The quantitative estimate of drug-likeness (QED) is 0.561. The van der Waals surface area contributed by atoms with Gasteiger partial charge in [-0.25, -0.2) is 12.1 Å². The summed E-state index contributed by atoms with van der Waals surface area (Å²) in [4.78, 5) is 0. The molecule has 0 unspecified atom stereocenters. The van der Waals surface area contributed by atoms with Crippen LogP contribution in [-0.4, -0.2) is 4.57 Å². The second-order valence-electron chi connectivity index (χ2n) is 2.35. The summed E-state index contributed by atoms with van der Waals surface area (Å²) in [5.41, 5.74) is 1.17. The van der Waals surface area contributed by atoms with E-state index in [1.165, 1.54) is 22.0 Å². The van der Waals surface area contributed by atoms with E-state index in [2.05, 4.69) is 31.8 Å². The van der Waals surface area contributed by atoms with Crippen molar-refractivity contribution < 1.29 is 16.3 Å². The summed E-state index contributed by atoms with van der Waals surface area (Å²) in [5.74, 6) is 0. The van der Waals surface area contributed by atoms with Crippen molar-refractivity contribution in [2.24, 2.45) is 0 Å². The topological polar surface area (TPSA) is 4.93 Å². The first kappa shape index (κ1) is 10.7. The van der Waals surface area contributed by atoms with Crippen LogP contribution in [0.15, 0.2) is 48.8 Å². The third kappa shape index (κ3) is 3.09. The van der Waals surface area contributed by atoms with E-state index in [0.717, 1.165) is 0 Å². The van der Waals surface area contributed by atoms with E-state index in [9.17, 15) is 0 Å². The number of nitrogens with zero attached hydrogens (tertiary/aromatic N) is 1. The molecule has 0 saturated heterocycles. The third-order valence-corrected chi connectivity index (χ3v) is 1.60. The minimum atomic E-state index is 1.17. The monoisotopic (exact) mass is 285 g/mol. The van der Waals surface area contributed by atoms with Crippen LogP contribution in [0.2, 0.25) is 0 Å². The molecular formula is C10H8BrNZn. The van der Waals surface area contributed by atoms with E-state index in [-0.39, 0.29) is 0 Å². The molecule has 0 atom stereocenters. The molecule has 0 spiro atoms. The Morgan fingerprint density at radius 1 is 1.15 bits per heavy atom. The van der Waals surface area contributed by atoms with Gasteiger partial charge in [0.2, 0.25) is 0 Å². The summed E-state index contributed by atoms with van der Waals surface area (Å²) >= 11 is 4.25. The van der Waals surface area contributed by atoms with Gasteiger partial charge in [-0.15, -0.1) is 12.4 Å². The summed E-state index contributed by atoms with van der Waals surface area (Å²) in [6, 6.07) is 15.1. The van der Waals surface area contributed by atoms with Crippen molar-refractivity contribution in [3.8, 4) is 5.69 Å². The number of rotatable bonds is 1. The summed E-state index contributed by atoms with van der Waals surface area (Å²) in [7, 11) is 0. The number of hydrogen-bond acceptors (Lipinski definition) is 0. The van der Waals surface area contributed by atoms with Gasteiger partial charge in [-0.3, -0.25) is 0 Å². The van der Waals surface area contributed by atoms with Gasteiger partial charge in [-0.05, 0) is 12.1 Å². The first-order valence-electron chi connectivity index (χ1n) is 3.83. The van der Waals surface area contributed by atoms with Gasteiger partial charge in [0.25, 0.3) is 0 Å². The van der Waals surface area contributed by atoms with Crippen LogP contribution < -0.4 is 0 Å². The average Bonchev–Trinajstić information content (AvgIpc) is 2.75. The molecule has 0 N–H and O–H groups in total. The molecule has 0 bridgehead atoms. The predicted octanol–water partition coefficient (Wildman–Crippen LogP) is 3.12. The molecule has 0 aliphatic heterocycles. The summed E-state index contributed by atoms with van der Waals surface area (Å²) in [6.07, 6.45) is 3.89. The fourth-order valence-electron chi connectivity index (χ4n) is 1.05. The van der Waals surface area contributed by atoms with Gasteiger partial charge < -0.3 is 4.57 Å². The van der Waals surface area contributed by atoms with E-state index in [0.29, 0.717) is 0 Å². The Labute approximate surface area is 94.8 Å². The Bertz CT molecular complexity index is 318. The van der Waals surface area contributed by atoms with Crippen LogP contribution in [0.5, 0.6) is 0 Å². The zero-order valence-electron chi connectivity index (χ0n) is 7.15. The fraction of sp³-hybridized carbons (Fsp3) is 0. The number of para-hydroxylation sites is 1. The van der Waals surface area contributed by atoms with Crippen LogP contribution >= 0.6 is 13.6 Å². The molecule has 62 valence electrons. The number of halogens is 1. The Balaban J connectivity index is 0.000000396. The molecule has 1 nitrogen and oxygen atoms in total. The van der Waals surface area contributed by atoms with E-state index < -0.39 is 0 Å². The van der Waals surface area contributed by atoms with Gasteiger partial charge in [0, 0.05) is 5.69 Å². The SMILES string of the molecule is [Zn+][Br].[c-]1ccn(-c2ccccc2)c1. The molecular weight excluding hydrogens is 279 g/mol. The van der Waals surface area contributed by atoms with Crippen LogP contribution in [0.3, 0.4) is 0 Å². The van der Waals surface area contributed by atoms with Crippen molar-refractivity contribution in [3.63, 3.8) is 0 Å². The molecule has 0 radical (unpaired) electrons. The summed E-state index contributed by atoms with van der Waals surface area (Å²) in [6.45, 7) is 0. The van der Waals surface area contributed by atoms with Crippen molar-refractivity contribution in [1.29, 1.82) is 0 Å². The third-order valence-electron chi connectivity index (χ3n) is 1.60. The normalized spacial score (nSPS) is 8.85. The van der Waals surface area contributed by atoms with Crippen molar-refractivity contribution in [2.45, 2.75) is 0 Å². The molecule has 0 saturated carbocycles. The summed E-state index contributed by atoms with van der Waals surface area (Å²) in [5, 5.41) is 0. The minimum absolute atomic E-state index is 1.17. The van der Waals surface area contributed by atoms with E-state index in [1.54, 1.807) is 0 Å². The minimum Gasteiger partial charge on any atom is -0.421 e. The number of hydrogen-bond donors (Lipinski definition) is 0. The molecule has 0 aliphatic carbocycles. The zero-order chi connectivity index (χ0) is 9.52. The molecule has 1 aromatic carbocycles. The first-order valence-corrected chi connectivity index (χ1v) is 10.8. The van der Waals surface area contributed by atoms with E-state index >= 15 is 0 Å². The molecule has 0 aliphatic rings. The second-order valence-corrected chi connectivity index (χ2v) is 2.35. The maximum absolute atomic E-state index is 3.06. The molecule has 13 heavy (non-hydrogen) atoms. The van der Waals surface area contributed by atoms with Crippen LogP contribution in [0.25, 0.3) is 5.69 Å². The molecule has 1 aromatic heterocycles. The molecule has 2 rings (SSSR count). The zero-order valence-corrected chi connectivity index (χ0v) is 11.7. The van der Waals surface area contributed by atoms with Gasteiger partial charge in [-0.2, -0.15) is 0 Å². The molecule has 3 heteroatoms. The smallest absolute Gasteiger partial charge is 0.0270 e. The van der Waals surface area contributed by atoms with Gasteiger partial charge in [0.15, 0.2) is 0 Å². The van der Waals surface area contributed by atoms with Crippen LogP contribution in [0.1, 0.15) is 0 Å². The maximum Gasteiger partial charge on any atom is 0.0270 e. The molecule has 1 heterocycles. The van der Waals surface area contributed by atoms with Gasteiger partial charge in [-0.1, -0.05) is 18.2 Å². The van der Waals surface area contributed by atoms with Gasteiger partial charge >= 0.3 is 30.0 Å². The average molecular weight is 287 g/mol. The summed E-state index contributed by atoms with van der Waals surface area (Å²) < 4.78 is 2.03. The van der Waals surface area contributed by atoms with Crippen LogP contribution in [-0.2, 0) is 16.3 Å². The standard InChI is InChI=1S/C10H8N.BrH.Zn/c1-2-6-10(7-3-1)11-8-4-5-9-11;;/h1-4,6-9H;1H;/q-1;;+2/p-1. The molecule has 0 amide bonds. The second kappa shape index (κ2) is 6.12. The van der Waals surface area contributed by atoms with Crippen molar-refractivity contribution >= 4 is 13.6 Å². The van der Waals surface area contributed by atoms with Gasteiger partial charge in [0.05, 0.1) is 0 Å². The largest absolute Gasteiger partial charge is 0.421 e. The predicted molar refractivity (Wildman–Crippen MR) is 53.5 cm³/mol.